The van der Waals surface area contributed by atoms with E-state index in [0.717, 1.165) is 30.0 Å². The topological polar surface area (TPSA) is 50.7 Å². The first-order chi connectivity index (χ1) is 9.83. The van der Waals surface area contributed by atoms with Crippen molar-refractivity contribution in [2.45, 2.75) is 20.0 Å². The van der Waals surface area contributed by atoms with Crippen molar-refractivity contribution < 1.29 is 0 Å². The summed E-state index contributed by atoms with van der Waals surface area (Å²) in [6.45, 7) is 3.56. The molecule has 2 heterocycles. The second-order valence-corrected chi connectivity index (χ2v) is 4.74. The van der Waals surface area contributed by atoms with Gasteiger partial charge >= 0.3 is 0 Å². The minimum absolute atomic E-state index is 0.734. The van der Waals surface area contributed by atoms with E-state index in [4.69, 9.17) is 0 Å². The van der Waals surface area contributed by atoms with Crippen LogP contribution in [0.2, 0.25) is 0 Å². The van der Waals surface area contributed by atoms with Crippen LogP contribution >= 0.6 is 0 Å². The van der Waals surface area contributed by atoms with Gasteiger partial charge in [0, 0.05) is 30.4 Å². The molecule has 20 heavy (non-hydrogen) atoms. The van der Waals surface area contributed by atoms with Gasteiger partial charge in [-0.2, -0.15) is 0 Å². The summed E-state index contributed by atoms with van der Waals surface area (Å²) in [6.07, 6.45) is 3.33. The summed E-state index contributed by atoms with van der Waals surface area (Å²) in [5.74, 6) is 0. The molecule has 4 heteroatoms. The number of nitrogens with zero attached hydrogens (tertiary/aromatic N) is 3. The molecule has 0 bridgehead atoms. The van der Waals surface area contributed by atoms with E-state index in [1.165, 1.54) is 10.9 Å². The van der Waals surface area contributed by atoms with E-state index in [9.17, 15) is 0 Å². The molecule has 1 N–H and O–H groups in total. The van der Waals surface area contributed by atoms with E-state index in [-0.39, 0.29) is 0 Å². The van der Waals surface area contributed by atoms with Gasteiger partial charge in [-0.25, -0.2) is 9.97 Å². The SMILES string of the molecule is Cc1cc(CNCc2ccncn2)c2ccccc2n1. The van der Waals surface area contributed by atoms with Crippen molar-refractivity contribution in [2.75, 3.05) is 0 Å². The largest absolute Gasteiger partial charge is 0.307 e. The van der Waals surface area contributed by atoms with Crippen LogP contribution in [0.1, 0.15) is 17.0 Å². The maximum atomic E-state index is 4.55. The molecule has 1 aromatic carbocycles. The number of para-hydroxylation sites is 1. The van der Waals surface area contributed by atoms with Crippen molar-refractivity contribution in [3.8, 4) is 0 Å². The van der Waals surface area contributed by atoms with Gasteiger partial charge in [0.15, 0.2) is 0 Å². The maximum absolute atomic E-state index is 4.55. The Bertz CT molecular complexity index is 710. The van der Waals surface area contributed by atoms with Crippen LogP contribution in [0.3, 0.4) is 0 Å². The predicted octanol–water partition coefficient (Wildman–Crippen LogP) is 2.62. The summed E-state index contributed by atoms with van der Waals surface area (Å²) in [6, 6.07) is 12.3. The number of rotatable bonds is 4. The van der Waals surface area contributed by atoms with Crippen LogP contribution in [0, 0.1) is 6.92 Å². The highest BCUT2D eigenvalue weighted by Gasteiger charge is 2.03. The Morgan fingerprint density at radius 1 is 1.10 bits per heavy atom. The standard InChI is InChI=1S/C16H16N4/c1-12-8-13(15-4-2-3-5-16(15)20-12)9-18-10-14-6-7-17-11-19-14/h2-8,11,18H,9-10H2,1H3. The molecule has 2 aromatic heterocycles. The number of pyridine rings is 1. The molecule has 0 spiro atoms. The summed E-state index contributed by atoms with van der Waals surface area (Å²) in [5.41, 5.74) is 4.35. The van der Waals surface area contributed by atoms with Gasteiger partial charge in [0.25, 0.3) is 0 Å². The van der Waals surface area contributed by atoms with Gasteiger partial charge in [0.2, 0.25) is 0 Å². The summed E-state index contributed by atoms with van der Waals surface area (Å²) in [7, 11) is 0. The summed E-state index contributed by atoms with van der Waals surface area (Å²) < 4.78 is 0. The number of hydrogen-bond donors (Lipinski definition) is 1. The first kappa shape index (κ1) is 12.7. The van der Waals surface area contributed by atoms with Gasteiger partial charge < -0.3 is 5.32 Å². The number of nitrogens with one attached hydrogen (secondary N) is 1. The van der Waals surface area contributed by atoms with Gasteiger partial charge in [0.05, 0.1) is 11.2 Å². The van der Waals surface area contributed by atoms with E-state index in [1.54, 1.807) is 12.5 Å². The van der Waals surface area contributed by atoms with Gasteiger partial charge in [-0.05, 0) is 30.7 Å². The average molecular weight is 264 g/mol. The monoisotopic (exact) mass is 264 g/mol. The molecule has 0 aliphatic rings. The number of aryl methyl sites for hydroxylation is 1. The third kappa shape index (κ3) is 2.81. The fourth-order valence-corrected chi connectivity index (χ4v) is 2.29. The minimum Gasteiger partial charge on any atom is -0.307 e. The van der Waals surface area contributed by atoms with E-state index in [2.05, 4.69) is 38.5 Å². The number of benzene rings is 1. The molecule has 3 rings (SSSR count). The fourth-order valence-electron chi connectivity index (χ4n) is 2.29. The molecular weight excluding hydrogens is 248 g/mol. The maximum Gasteiger partial charge on any atom is 0.115 e. The van der Waals surface area contributed by atoms with Crippen molar-refractivity contribution in [3.05, 3.63) is 65.9 Å². The summed E-state index contributed by atoms with van der Waals surface area (Å²) in [5, 5.41) is 4.62. The van der Waals surface area contributed by atoms with Crippen LogP contribution in [0.15, 0.2) is 48.9 Å². The molecule has 0 aliphatic carbocycles. The van der Waals surface area contributed by atoms with E-state index in [0.29, 0.717) is 0 Å². The van der Waals surface area contributed by atoms with Crippen LogP contribution in [0.4, 0.5) is 0 Å². The van der Waals surface area contributed by atoms with Gasteiger partial charge in [0.1, 0.15) is 6.33 Å². The van der Waals surface area contributed by atoms with Gasteiger partial charge in [-0.3, -0.25) is 4.98 Å². The van der Waals surface area contributed by atoms with Crippen molar-refractivity contribution >= 4 is 10.9 Å². The zero-order chi connectivity index (χ0) is 13.8. The molecule has 0 aliphatic heterocycles. The third-order valence-electron chi connectivity index (χ3n) is 3.19. The van der Waals surface area contributed by atoms with Gasteiger partial charge in [-0.1, -0.05) is 18.2 Å². The summed E-state index contributed by atoms with van der Waals surface area (Å²) in [4.78, 5) is 12.7. The zero-order valence-electron chi connectivity index (χ0n) is 11.4. The minimum atomic E-state index is 0.734. The first-order valence-electron chi connectivity index (χ1n) is 6.64. The quantitative estimate of drug-likeness (QED) is 0.787. The zero-order valence-corrected chi connectivity index (χ0v) is 11.4. The second-order valence-electron chi connectivity index (χ2n) is 4.74. The first-order valence-corrected chi connectivity index (χ1v) is 6.64. The highest BCUT2D eigenvalue weighted by Crippen LogP contribution is 2.18. The van der Waals surface area contributed by atoms with E-state index in [1.807, 2.05) is 25.1 Å². The number of aromatic nitrogens is 3. The average Bonchev–Trinajstić information content (AvgIpc) is 2.48. The molecular formula is C16H16N4. The van der Waals surface area contributed by atoms with Crippen LogP contribution in [0.5, 0.6) is 0 Å². The molecule has 0 unspecified atom stereocenters. The molecule has 0 fully saturated rings. The Kier molecular flexibility index (Phi) is 3.65. The molecule has 0 saturated heterocycles. The smallest absolute Gasteiger partial charge is 0.115 e. The van der Waals surface area contributed by atoms with Gasteiger partial charge in [-0.15, -0.1) is 0 Å². The highest BCUT2D eigenvalue weighted by molar-refractivity contribution is 5.82. The van der Waals surface area contributed by atoms with Crippen molar-refractivity contribution in [1.29, 1.82) is 0 Å². The Morgan fingerprint density at radius 3 is 2.85 bits per heavy atom. The predicted molar refractivity (Wildman–Crippen MR) is 79.1 cm³/mol. The molecule has 4 nitrogen and oxygen atoms in total. The Balaban J connectivity index is 1.77. The second kappa shape index (κ2) is 5.75. The highest BCUT2D eigenvalue weighted by atomic mass is 14.9. The van der Waals surface area contributed by atoms with Crippen LogP contribution in [-0.2, 0) is 13.1 Å². The Hall–Kier alpha value is -2.33. The lowest BCUT2D eigenvalue weighted by Crippen LogP contribution is -2.14. The molecule has 0 radical (unpaired) electrons. The Morgan fingerprint density at radius 2 is 2.00 bits per heavy atom. The lowest BCUT2D eigenvalue weighted by molar-refractivity contribution is 0.680. The number of hydrogen-bond acceptors (Lipinski definition) is 4. The van der Waals surface area contributed by atoms with Crippen molar-refractivity contribution in [3.63, 3.8) is 0 Å². The molecule has 0 saturated carbocycles. The molecule has 0 amide bonds. The van der Waals surface area contributed by atoms with Crippen molar-refractivity contribution in [1.82, 2.24) is 20.3 Å². The van der Waals surface area contributed by atoms with E-state index >= 15 is 0 Å². The lowest BCUT2D eigenvalue weighted by atomic mass is 10.1. The normalized spacial score (nSPS) is 10.8. The Labute approximate surface area is 117 Å². The van der Waals surface area contributed by atoms with Crippen LogP contribution < -0.4 is 5.32 Å². The third-order valence-corrected chi connectivity index (χ3v) is 3.19. The molecule has 0 atom stereocenters. The van der Waals surface area contributed by atoms with Crippen LogP contribution in [0.25, 0.3) is 10.9 Å². The van der Waals surface area contributed by atoms with Crippen LogP contribution in [-0.4, -0.2) is 15.0 Å². The lowest BCUT2D eigenvalue weighted by Gasteiger charge is -2.09. The fraction of sp³-hybridized carbons (Fsp3) is 0.188. The summed E-state index contributed by atoms with van der Waals surface area (Å²) >= 11 is 0. The van der Waals surface area contributed by atoms with E-state index < -0.39 is 0 Å². The molecule has 100 valence electrons. The van der Waals surface area contributed by atoms with Crippen molar-refractivity contribution in [2.24, 2.45) is 0 Å². The molecule has 3 aromatic rings. The number of fused-ring (bicyclic) bond motifs is 1.